The average molecular weight is 342 g/mol. The van der Waals surface area contributed by atoms with Gasteiger partial charge < -0.3 is 4.52 Å². The Morgan fingerprint density at radius 1 is 1.20 bits per heavy atom. The van der Waals surface area contributed by atoms with Crippen molar-refractivity contribution >= 4 is 37.0 Å². The van der Waals surface area contributed by atoms with E-state index in [0.29, 0.717) is 0 Å². The average Bonchev–Trinajstić information content (AvgIpc) is 2.39. The second-order valence-electron chi connectivity index (χ2n) is 3.60. The number of hydroxylamine groups is 2. The molecule has 112 valence electrons. The van der Waals surface area contributed by atoms with Crippen LogP contribution in [0.1, 0.15) is 10.4 Å². The van der Waals surface area contributed by atoms with Crippen LogP contribution in [0.5, 0.6) is 0 Å². The third-order valence-corrected chi connectivity index (χ3v) is 3.27. The molecule has 6 nitrogen and oxygen atoms in total. The fourth-order valence-electron chi connectivity index (χ4n) is 1.28. The number of halogens is 2. The molecule has 0 bridgehead atoms. The molecule has 0 amide bonds. The number of rotatable bonds is 8. The molecule has 0 fully saturated rings. The Labute approximate surface area is 126 Å². The molecule has 0 saturated heterocycles. The number of phosphoric acid groups is 1. The van der Waals surface area contributed by atoms with Crippen molar-refractivity contribution in [2.75, 3.05) is 24.8 Å². The number of alkyl halides is 2. The fourth-order valence-corrected chi connectivity index (χ4v) is 2.46. The van der Waals surface area contributed by atoms with Crippen LogP contribution in [-0.4, -0.2) is 40.8 Å². The van der Waals surface area contributed by atoms with Gasteiger partial charge in [0.1, 0.15) is 0 Å². The normalized spacial score (nSPS) is 14.0. The van der Waals surface area contributed by atoms with E-state index in [9.17, 15) is 14.3 Å². The Morgan fingerprint density at radius 3 is 2.25 bits per heavy atom. The summed E-state index contributed by atoms with van der Waals surface area (Å²) in [6, 6.07) is 7.82. The van der Waals surface area contributed by atoms with Gasteiger partial charge in [-0.3, -0.25) is 4.89 Å². The Hall–Kier alpha value is -0.620. The Morgan fingerprint density at radius 2 is 1.75 bits per heavy atom. The van der Waals surface area contributed by atoms with Crippen LogP contribution in [0.4, 0.5) is 0 Å². The highest BCUT2D eigenvalue weighted by atomic mass is 35.5. The van der Waals surface area contributed by atoms with Crippen molar-refractivity contribution in [3.63, 3.8) is 0 Å². The summed E-state index contributed by atoms with van der Waals surface area (Å²) < 4.78 is 20.9. The SMILES string of the molecule is O=C(OP(=O)(O)ON(CCCl)CCCl)c1ccccc1. The molecule has 1 aromatic rings. The van der Waals surface area contributed by atoms with Crippen LogP contribution < -0.4 is 0 Å². The molecule has 0 spiro atoms. The highest BCUT2D eigenvalue weighted by Gasteiger charge is 2.30. The maximum atomic E-state index is 11.7. The largest absolute Gasteiger partial charge is 0.546 e. The third kappa shape index (κ3) is 6.22. The molecule has 1 atom stereocenters. The highest BCUT2D eigenvalue weighted by Crippen LogP contribution is 2.44. The van der Waals surface area contributed by atoms with Crippen molar-refractivity contribution < 1.29 is 23.4 Å². The van der Waals surface area contributed by atoms with E-state index in [4.69, 9.17) is 27.8 Å². The minimum Gasteiger partial charge on any atom is -0.366 e. The molecule has 0 aromatic heterocycles. The highest BCUT2D eigenvalue weighted by molar-refractivity contribution is 7.48. The van der Waals surface area contributed by atoms with Crippen LogP contribution in [0, 0.1) is 0 Å². The van der Waals surface area contributed by atoms with Crippen LogP contribution in [0.2, 0.25) is 0 Å². The van der Waals surface area contributed by atoms with E-state index in [1.54, 1.807) is 18.2 Å². The van der Waals surface area contributed by atoms with Crippen molar-refractivity contribution in [3.8, 4) is 0 Å². The second-order valence-corrected chi connectivity index (χ2v) is 5.64. The van der Waals surface area contributed by atoms with Gasteiger partial charge in [0, 0.05) is 24.8 Å². The molecule has 0 aliphatic carbocycles. The van der Waals surface area contributed by atoms with Crippen molar-refractivity contribution in [2.45, 2.75) is 0 Å². The number of carbonyl (C=O) groups excluding carboxylic acids is 1. The number of hydrogen-bond donors (Lipinski definition) is 1. The summed E-state index contributed by atoms with van der Waals surface area (Å²) in [6.45, 7) is 0.337. The van der Waals surface area contributed by atoms with E-state index >= 15 is 0 Å². The smallest absolute Gasteiger partial charge is 0.366 e. The van der Waals surface area contributed by atoms with Crippen molar-refractivity contribution in [1.82, 2.24) is 5.06 Å². The first-order valence-electron chi connectivity index (χ1n) is 5.67. The number of hydrogen-bond acceptors (Lipinski definition) is 5. The zero-order valence-electron chi connectivity index (χ0n) is 10.4. The van der Waals surface area contributed by atoms with Gasteiger partial charge in [-0.1, -0.05) is 18.2 Å². The summed E-state index contributed by atoms with van der Waals surface area (Å²) in [5, 5.41) is 1.08. The van der Waals surface area contributed by atoms with Gasteiger partial charge in [0.05, 0.1) is 5.56 Å². The van der Waals surface area contributed by atoms with Crippen molar-refractivity contribution in [3.05, 3.63) is 35.9 Å². The lowest BCUT2D eigenvalue weighted by atomic mass is 10.2. The quantitative estimate of drug-likeness (QED) is 0.445. The number of benzene rings is 1. The number of nitrogens with zero attached hydrogens (tertiary/aromatic N) is 1. The van der Waals surface area contributed by atoms with Crippen LogP contribution in [-0.2, 0) is 13.7 Å². The lowest BCUT2D eigenvalue weighted by Gasteiger charge is -2.21. The first-order chi connectivity index (χ1) is 9.48. The van der Waals surface area contributed by atoms with Gasteiger partial charge in [-0.15, -0.1) is 23.2 Å². The second kappa shape index (κ2) is 8.62. The van der Waals surface area contributed by atoms with E-state index in [1.807, 2.05) is 0 Å². The Balaban J connectivity index is 2.64. The first kappa shape index (κ1) is 17.4. The van der Waals surface area contributed by atoms with Crippen LogP contribution >= 0.6 is 31.0 Å². The number of phosphoric ester groups is 1. The molecule has 1 rings (SSSR count). The van der Waals surface area contributed by atoms with E-state index in [2.05, 4.69) is 4.52 Å². The van der Waals surface area contributed by atoms with Gasteiger partial charge in [0.25, 0.3) is 0 Å². The van der Waals surface area contributed by atoms with Crippen molar-refractivity contribution in [1.29, 1.82) is 0 Å². The van der Waals surface area contributed by atoms with Crippen LogP contribution in [0.3, 0.4) is 0 Å². The molecule has 1 aromatic carbocycles. The van der Waals surface area contributed by atoms with Gasteiger partial charge in [0.15, 0.2) is 0 Å². The summed E-state index contributed by atoms with van der Waals surface area (Å²) in [7, 11) is -4.57. The van der Waals surface area contributed by atoms with E-state index < -0.39 is 13.8 Å². The molecule has 1 N–H and O–H groups in total. The molecule has 0 aliphatic heterocycles. The molecule has 0 radical (unpaired) electrons. The van der Waals surface area contributed by atoms with Gasteiger partial charge in [-0.05, 0) is 12.1 Å². The Kier molecular flexibility index (Phi) is 7.51. The zero-order valence-corrected chi connectivity index (χ0v) is 12.9. The molecule has 0 heterocycles. The fraction of sp³-hybridized carbons (Fsp3) is 0.364. The summed E-state index contributed by atoms with van der Waals surface area (Å²) in [6.07, 6.45) is 0. The molecular formula is C11H14Cl2NO5P. The van der Waals surface area contributed by atoms with Gasteiger partial charge >= 0.3 is 13.8 Å². The van der Waals surface area contributed by atoms with Crippen molar-refractivity contribution in [2.24, 2.45) is 0 Å². The van der Waals surface area contributed by atoms with Gasteiger partial charge in [-0.25, -0.2) is 9.36 Å². The molecular weight excluding hydrogens is 328 g/mol. The first-order valence-corrected chi connectivity index (χ1v) is 8.23. The predicted molar refractivity (Wildman–Crippen MR) is 75.8 cm³/mol. The maximum absolute atomic E-state index is 11.7. The summed E-state index contributed by atoms with van der Waals surface area (Å²) in [5.74, 6) is -0.610. The number of carbonyl (C=O) groups is 1. The minimum absolute atomic E-state index is 0.145. The predicted octanol–water partition coefficient (Wildman–Crippen LogP) is 2.66. The molecule has 1 unspecified atom stereocenters. The topological polar surface area (TPSA) is 76.1 Å². The minimum atomic E-state index is -4.57. The summed E-state index contributed by atoms with van der Waals surface area (Å²) in [5.41, 5.74) is 0.145. The van der Waals surface area contributed by atoms with Crippen LogP contribution in [0.15, 0.2) is 30.3 Å². The maximum Gasteiger partial charge on any atom is 0.546 e. The molecule has 0 aliphatic rings. The zero-order chi connectivity index (χ0) is 15.0. The molecule has 20 heavy (non-hydrogen) atoms. The lowest BCUT2D eigenvalue weighted by Crippen LogP contribution is -2.27. The summed E-state index contributed by atoms with van der Waals surface area (Å²) in [4.78, 5) is 21.2. The Bertz CT molecular complexity index is 467. The van der Waals surface area contributed by atoms with Crippen LogP contribution in [0.25, 0.3) is 0 Å². The monoisotopic (exact) mass is 341 g/mol. The molecule has 9 heteroatoms. The third-order valence-electron chi connectivity index (χ3n) is 2.09. The lowest BCUT2D eigenvalue weighted by molar-refractivity contribution is -0.0730. The summed E-state index contributed by atoms with van der Waals surface area (Å²) >= 11 is 11.0. The van der Waals surface area contributed by atoms with E-state index in [0.717, 1.165) is 5.06 Å². The standard InChI is InChI=1S/C11H14Cl2NO5P/c12-6-8-14(9-7-13)19-20(16,17)18-11(15)10-4-2-1-3-5-10/h1-5H,6-9H2,(H,16,17). The van der Waals surface area contributed by atoms with E-state index in [1.165, 1.54) is 12.1 Å². The van der Waals surface area contributed by atoms with Gasteiger partial charge in [-0.2, -0.15) is 9.69 Å². The molecule has 0 saturated carbocycles. The van der Waals surface area contributed by atoms with Gasteiger partial charge in [0.2, 0.25) is 0 Å². The van der Waals surface area contributed by atoms with E-state index in [-0.39, 0.29) is 30.4 Å².